The minimum atomic E-state index is -3.34. The van der Waals surface area contributed by atoms with Crippen LogP contribution in [-0.2, 0) is 14.8 Å². The van der Waals surface area contributed by atoms with Gasteiger partial charge in [-0.2, -0.15) is 0 Å². The van der Waals surface area contributed by atoms with Gasteiger partial charge in [-0.05, 0) is 38.8 Å². The van der Waals surface area contributed by atoms with Gasteiger partial charge in [0.25, 0.3) is 0 Å². The average Bonchev–Trinajstić information content (AvgIpc) is 2.87. The van der Waals surface area contributed by atoms with Crippen LogP contribution in [0.3, 0.4) is 0 Å². The van der Waals surface area contributed by atoms with Crippen molar-refractivity contribution in [3.05, 3.63) is 29.8 Å². The van der Waals surface area contributed by atoms with Gasteiger partial charge in [-0.25, -0.2) is 13.1 Å². The Kier molecular flexibility index (Phi) is 5.24. The van der Waals surface area contributed by atoms with Crippen molar-refractivity contribution in [3.63, 3.8) is 0 Å². The molecule has 0 aliphatic carbocycles. The molecule has 0 bridgehead atoms. The lowest BCUT2D eigenvalue weighted by molar-refractivity contribution is 0.0250. The Balaban J connectivity index is 1.74. The molecule has 1 heterocycles. The first-order valence-electron chi connectivity index (χ1n) is 7.19. The molecule has 1 aliphatic rings. The smallest absolute Gasteiger partial charge is 0.215 e. The van der Waals surface area contributed by atoms with E-state index in [2.05, 4.69) is 4.72 Å². The summed E-state index contributed by atoms with van der Waals surface area (Å²) in [5, 5.41) is 0. The van der Waals surface area contributed by atoms with Crippen molar-refractivity contribution in [2.75, 3.05) is 25.5 Å². The predicted molar refractivity (Wildman–Crippen MR) is 82.1 cm³/mol. The lowest BCUT2D eigenvalue weighted by Crippen LogP contribution is -2.41. The lowest BCUT2D eigenvalue weighted by Gasteiger charge is -2.23. The fourth-order valence-electron chi connectivity index (χ4n) is 2.21. The Morgan fingerprint density at radius 1 is 1.33 bits per heavy atom. The highest BCUT2D eigenvalue weighted by Gasteiger charge is 2.30. The van der Waals surface area contributed by atoms with Crippen LogP contribution >= 0.6 is 0 Å². The van der Waals surface area contributed by atoms with Gasteiger partial charge in [0, 0.05) is 13.2 Å². The van der Waals surface area contributed by atoms with Crippen LogP contribution in [0, 0.1) is 6.92 Å². The van der Waals surface area contributed by atoms with Crippen LogP contribution in [-0.4, -0.2) is 39.5 Å². The predicted octanol–water partition coefficient (Wildman–Crippen LogP) is 1.86. The fourth-order valence-corrected chi connectivity index (χ4v) is 3.19. The molecule has 1 N–H and O–H groups in total. The molecular formula is C15H23NO4S. The van der Waals surface area contributed by atoms with Gasteiger partial charge in [0.1, 0.15) is 12.4 Å². The van der Waals surface area contributed by atoms with Gasteiger partial charge in [-0.1, -0.05) is 17.7 Å². The molecule has 1 saturated heterocycles. The maximum atomic E-state index is 11.9. The molecule has 5 nitrogen and oxygen atoms in total. The highest BCUT2D eigenvalue weighted by atomic mass is 32.2. The maximum Gasteiger partial charge on any atom is 0.215 e. The van der Waals surface area contributed by atoms with Crippen molar-refractivity contribution < 1.29 is 17.9 Å². The van der Waals surface area contributed by atoms with Crippen molar-refractivity contribution >= 4 is 10.0 Å². The summed E-state index contributed by atoms with van der Waals surface area (Å²) in [5.74, 6) is 0.624. The summed E-state index contributed by atoms with van der Waals surface area (Å²) < 4.78 is 37.5. The van der Waals surface area contributed by atoms with Crippen molar-refractivity contribution in [2.45, 2.75) is 32.3 Å². The average molecular weight is 313 g/mol. The number of benzene rings is 1. The summed E-state index contributed by atoms with van der Waals surface area (Å²) in [6.07, 6.45) is 1.87. The van der Waals surface area contributed by atoms with Crippen LogP contribution in [0.2, 0.25) is 0 Å². The van der Waals surface area contributed by atoms with Gasteiger partial charge in [0.2, 0.25) is 10.0 Å². The standard InChI is InChI=1S/C15H23NO4S/c1-13-4-6-14(7-5-13)19-10-11-21(17,18)16-12-15(2)8-3-9-20-15/h4-7,16H,3,8-12H2,1-2H3. The van der Waals surface area contributed by atoms with E-state index >= 15 is 0 Å². The first-order chi connectivity index (χ1) is 9.89. The molecule has 1 aromatic rings. The lowest BCUT2D eigenvalue weighted by atomic mass is 10.0. The van der Waals surface area contributed by atoms with E-state index < -0.39 is 10.0 Å². The molecule has 0 saturated carbocycles. The minimum Gasteiger partial charge on any atom is -0.492 e. The summed E-state index contributed by atoms with van der Waals surface area (Å²) in [5.41, 5.74) is 0.770. The van der Waals surface area contributed by atoms with Crippen LogP contribution in [0.15, 0.2) is 24.3 Å². The number of rotatable bonds is 7. The van der Waals surface area contributed by atoms with E-state index in [9.17, 15) is 8.42 Å². The second-order valence-electron chi connectivity index (χ2n) is 5.70. The summed E-state index contributed by atoms with van der Waals surface area (Å²) in [7, 11) is -3.34. The van der Waals surface area contributed by atoms with E-state index in [0.29, 0.717) is 18.9 Å². The quantitative estimate of drug-likeness (QED) is 0.834. The van der Waals surface area contributed by atoms with Crippen LogP contribution in [0.4, 0.5) is 0 Å². The van der Waals surface area contributed by atoms with Gasteiger partial charge >= 0.3 is 0 Å². The van der Waals surface area contributed by atoms with E-state index in [1.165, 1.54) is 0 Å². The SMILES string of the molecule is Cc1ccc(OCCS(=O)(=O)NCC2(C)CCCO2)cc1. The molecule has 1 aliphatic heterocycles. The Morgan fingerprint density at radius 3 is 2.67 bits per heavy atom. The van der Waals surface area contributed by atoms with Crippen LogP contribution in [0.25, 0.3) is 0 Å². The van der Waals surface area contributed by atoms with E-state index in [1.807, 2.05) is 38.1 Å². The molecule has 1 unspecified atom stereocenters. The van der Waals surface area contributed by atoms with E-state index in [4.69, 9.17) is 9.47 Å². The second kappa shape index (κ2) is 6.77. The normalized spacial score (nSPS) is 22.4. The van der Waals surface area contributed by atoms with Gasteiger partial charge in [0.15, 0.2) is 0 Å². The zero-order chi connectivity index (χ0) is 15.3. The highest BCUT2D eigenvalue weighted by Crippen LogP contribution is 2.24. The molecule has 6 heteroatoms. The molecule has 0 spiro atoms. The summed E-state index contributed by atoms with van der Waals surface area (Å²) in [4.78, 5) is 0. The van der Waals surface area contributed by atoms with Crippen molar-refractivity contribution in [3.8, 4) is 5.75 Å². The summed E-state index contributed by atoms with van der Waals surface area (Å²) in [6.45, 7) is 5.08. The molecule has 1 aromatic carbocycles. The number of sulfonamides is 1. The summed E-state index contributed by atoms with van der Waals surface area (Å²) in [6, 6.07) is 7.53. The third-order valence-electron chi connectivity index (χ3n) is 3.61. The van der Waals surface area contributed by atoms with Crippen molar-refractivity contribution in [1.29, 1.82) is 0 Å². The molecule has 2 rings (SSSR count). The van der Waals surface area contributed by atoms with Crippen LogP contribution in [0.5, 0.6) is 5.75 Å². The zero-order valence-electron chi connectivity index (χ0n) is 12.6. The largest absolute Gasteiger partial charge is 0.492 e. The molecule has 1 atom stereocenters. The molecular weight excluding hydrogens is 290 g/mol. The monoisotopic (exact) mass is 313 g/mol. The highest BCUT2D eigenvalue weighted by molar-refractivity contribution is 7.89. The van der Waals surface area contributed by atoms with Crippen molar-refractivity contribution in [1.82, 2.24) is 4.72 Å². The number of ether oxygens (including phenoxy) is 2. The van der Waals surface area contributed by atoms with Gasteiger partial charge in [-0.3, -0.25) is 0 Å². The minimum absolute atomic E-state index is 0.0586. The Labute approximate surface area is 126 Å². The first-order valence-corrected chi connectivity index (χ1v) is 8.85. The number of hydrogen-bond acceptors (Lipinski definition) is 4. The topological polar surface area (TPSA) is 64.6 Å². The molecule has 1 fully saturated rings. The Morgan fingerprint density at radius 2 is 2.05 bits per heavy atom. The van der Waals surface area contributed by atoms with E-state index in [1.54, 1.807) is 0 Å². The Bertz CT molecular complexity index is 548. The number of aryl methyl sites for hydroxylation is 1. The van der Waals surface area contributed by atoms with Gasteiger partial charge in [0.05, 0.1) is 11.4 Å². The third kappa shape index (κ3) is 5.30. The van der Waals surface area contributed by atoms with E-state index in [0.717, 1.165) is 18.4 Å². The fraction of sp³-hybridized carbons (Fsp3) is 0.600. The van der Waals surface area contributed by atoms with Crippen LogP contribution < -0.4 is 9.46 Å². The molecule has 0 aromatic heterocycles. The second-order valence-corrected chi connectivity index (χ2v) is 7.63. The third-order valence-corrected chi connectivity index (χ3v) is 4.90. The van der Waals surface area contributed by atoms with Gasteiger partial charge < -0.3 is 9.47 Å². The number of hydrogen-bond donors (Lipinski definition) is 1. The van der Waals surface area contributed by atoms with Crippen LogP contribution in [0.1, 0.15) is 25.3 Å². The molecule has 21 heavy (non-hydrogen) atoms. The first kappa shape index (κ1) is 16.3. The number of nitrogens with one attached hydrogen (secondary N) is 1. The molecule has 118 valence electrons. The molecule has 0 amide bonds. The summed E-state index contributed by atoms with van der Waals surface area (Å²) >= 11 is 0. The molecule has 0 radical (unpaired) electrons. The van der Waals surface area contributed by atoms with Crippen molar-refractivity contribution in [2.24, 2.45) is 0 Å². The van der Waals surface area contributed by atoms with Gasteiger partial charge in [-0.15, -0.1) is 0 Å². The Hall–Kier alpha value is -1.11. The van der Waals surface area contributed by atoms with E-state index in [-0.39, 0.29) is 18.0 Å². The maximum absolute atomic E-state index is 11.9. The zero-order valence-corrected chi connectivity index (χ0v) is 13.4.